The Morgan fingerprint density at radius 2 is 1.95 bits per heavy atom. The minimum atomic E-state index is -4.56. The zero-order valence-corrected chi connectivity index (χ0v) is 22.7. The summed E-state index contributed by atoms with van der Waals surface area (Å²) in [5.74, 6) is -0.520. The zero-order chi connectivity index (χ0) is 28.1. The number of alkyl halides is 4. The minimum absolute atomic E-state index is 0.00601. The average Bonchev–Trinajstić information content (AvgIpc) is 3.38. The highest BCUT2D eigenvalue weighted by Gasteiger charge is 2.45. The van der Waals surface area contributed by atoms with Gasteiger partial charge in [0.2, 0.25) is 0 Å². The van der Waals surface area contributed by atoms with Gasteiger partial charge in [-0.05, 0) is 73.5 Å². The van der Waals surface area contributed by atoms with E-state index in [2.05, 4.69) is 5.10 Å². The highest BCUT2D eigenvalue weighted by Crippen LogP contribution is 2.37. The van der Waals surface area contributed by atoms with E-state index < -0.39 is 35.1 Å². The van der Waals surface area contributed by atoms with Crippen molar-refractivity contribution in [2.75, 3.05) is 13.1 Å². The molecule has 12 heteroatoms. The second-order valence-electron chi connectivity index (χ2n) is 9.93. The van der Waals surface area contributed by atoms with Crippen molar-refractivity contribution < 1.29 is 27.2 Å². The number of likely N-dealkylation sites (tertiary alicyclic amines) is 1. The molecular formula is C27H25ClF4N4O2S. The van der Waals surface area contributed by atoms with Crippen LogP contribution in [0.25, 0.3) is 17.0 Å². The number of imide groups is 1. The first-order valence-electron chi connectivity index (χ1n) is 12.4. The van der Waals surface area contributed by atoms with Crippen molar-refractivity contribution in [3.05, 3.63) is 69.2 Å². The summed E-state index contributed by atoms with van der Waals surface area (Å²) in [6.07, 6.45) is -2.42. The largest absolute Gasteiger partial charge is 0.416 e. The van der Waals surface area contributed by atoms with Gasteiger partial charge in [-0.15, -0.1) is 0 Å². The van der Waals surface area contributed by atoms with Gasteiger partial charge in [0.15, 0.2) is 0 Å². The standard InChI is InChI=1S/C27H25ClF4N4O2S/c1-15(2)34-8-7-23(21(29)14-34)36-25(37)24(39-26(36)38)10-16-3-6-22-18(9-16)12-33-35(22)13-17-4-5-19(28)11-20(17)27(30,31)32/h3-6,9-12,15,21,23H,7-8,13-14H2,1-2H3. The number of halogens is 5. The lowest BCUT2D eigenvalue weighted by Crippen LogP contribution is -2.55. The van der Waals surface area contributed by atoms with E-state index in [4.69, 9.17) is 11.6 Å². The summed E-state index contributed by atoms with van der Waals surface area (Å²) in [5.41, 5.74) is 0.415. The molecule has 2 unspecified atom stereocenters. The van der Waals surface area contributed by atoms with Gasteiger partial charge in [0.05, 0.1) is 34.8 Å². The number of carbonyl (C=O) groups excluding carboxylic acids is 2. The van der Waals surface area contributed by atoms with E-state index >= 15 is 0 Å². The molecule has 0 aliphatic carbocycles. The summed E-state index contributed by atoms with van der Waals surface area (Å²) in [6, 6.07) is 8.13. The van der Waals surface area contributed by atoms with Crippen LogP contribution >= 0.6 is 23.4 Å². The number of carbonyl (C=O) groups is 2. The van der Waals surface area contributed by atoms with Crippen LogP contribution in [0.2, 0.25) is 5.02 Å². The average molecular weight is 581 g/mol. The van der Waals surface area contributed by atoms with Crippen LogP contribution in [0, 0.1) is 0 Å². The van der Waals surface area contributed by atoms with Crippen LogP contribution in [-0.4, -0.2) is 62.1 Å². The molecule has 2 amide bonds. The molecule has 2 fully saturated rings. The molecule has 3 aromatic rings. The molecule has 0 radical (unpaired) electrons. The number of rotatable bonds is 5. The Morgan fingerprint density at radius 3 is 2.64 bits per heavy atom. The second kappa shape index (κ2) is 10.6. The number of hydrogen-bond donors (Lipinski definition) is 0. The van der Waals surface area contributed by atoms with E-state index in [-0.39, 0.29) is 34.6 Å². The summed E-state index contributed by atoms with van der Waals surface area (Å²) < 4.78 is 57.0. The van der Waals surface area contributed by atoms with Crippen molar-refractivity contribution in [2.24, 2.45) is 0 Å². The predicted octanol–water partition coefficient (Wildman–Crippen LogP) is 6.61. The van der Waals surface area contributed by atoms with Crippen LogP contribution in [0.3, 0.4) is 0 Å². The Balaban J connectivity index is 1.36. The van der Waals surface area contributed by atoms with E-state index in [9.17, 15) is 27.2 Å². The lowest BCUT2D eigenvalue weighted by atomic mass is 10.00. The smallest absolute Gasteiger partial charge is 0.298 e. The Labute approximate surface area is 231 Å². The monoisotopic (exact) mass is 580 g/mol. The van der Waals surface area contributed by atoms with E-state index in [1.54, 1.807) is 24.3 Å². The summed E-state index contributed by atoms with van der Waals surface area (Å²) in [6.45, 7) is 4.62. The number of fused-ring (bicyclic) bond motifs is 1. The Bertz CT molecular complexity index is 1470. The molecule has 2 atom stereocenters. The number of benzene rings is 2. The molecule has 2 aliphatic heterocycles. The van der Waals surface area contributed by atoms with Crippen LogP contribution in [-0.2, 0) is 17.5 Å². The van der Waals surface area contributed by atoms with Crippen molar-refractivity contribution >= 4 is 51.5 Å². The normalized spacial score (nSPS) is 22.2. The third-order valence-electron chi connectivity index (χ3n) is 7.09. The number of piperidine rings is 1. The summed E-state index contributed by atoms with van der Waals surface area (Å²) >= 11 is 6.56. The van der Waals surface area contributed by atoms with Gasteiger partial charge < -0.3 is 0 Å². The molecule has 3 heterocycles. The molecule has 0 spiro atoms. The fraction of sp³-hybridized carbons (Fsp3) is 0.370. The van der Waals surface area contributed by atoms with Crippen LogP contribution in [0.5, 0.6) is 0 Å². The maximum Gasteiger partial charge on any atom is 0.416 e. The quantitative estimate of drug-likeness (QED) is 0.251. The zero-order valence-electron chi connectivity index (χ0n) is 21.1. The first-order valence-corrected chi connectivity index (χ1v) is 13.6. The first-order chi connectivity index (χ1) is 18.4. The van der Waals surface area contributed by atoms with Crippen molar-refractivity contribution in [3.63, 3.8) is 0 Å². The molecule has 0 saturated carbocycles. The molecule has 2 saturated heterocycles. The van der Waals surface area contributed by atoms with E-state index in [1.165, 1.54) is 23.0 Å². The van der Waals surface area contributed by atoms with E-state index in [0.717, 1.165) is 22.7 Å². The van der Waals surface area contributed by atoms with Crippen LogP contribution in [0.4, 0.5) is 22.4 Å². The van der Waals surface area contributed by atoms with Gasteiger partial charge in [0.25, 0.3) is 11.1 Å². The summed E-state index contributed by atoms with van der Waals surface area (Å²) in [5, 5.41) is 4.40. The fourth-order valence-electron chi connectivity index (χ4n) is 5.03. The number of aromatic nitrogens is 2. The number of hydrogen-bond acceptors (Lipinski definition) is 5. The highest BCUT2D eigenvalue weighted by atomic mass is 35.5. The molecule has 206 valence electrons. The Morgan fingerprint density at radius 1 is 1.18 bits per heavy atom. The second-order valence-corrected chi connectivity index (χ2v) is 11.4. The van der Waals surface area contributed by atoms with Gasteiger partial charge in [-0.2, -0.15) is 18.3 Å². The van der Waals surface area contributed by atoms with Crippen LogP contribution in [0.15, 0.2) is 47.5 Å². The molecule has 0 N–H and O–H groups in total. The van der Waals surface area contributed by atoms with Gasteiger partial charge in [-0.25, -0.2) is 4.39 Å². The predicted molar refractivity (Wildman–Crippen MR) is 143 cm³/mol. The van der Waals surface area contributed by atoms with Crippen LogP contribution < -0.4 is 0 Å². The number of nitrogens with zero attached hydrogens (tertiary/aromatic N) is 4. The van der Waals surface area contributed by atoms with Crippen molar-refractivity contribution in [2.45, 2.75) is 51.2 Å². The van der Waals surface area contributed by atoms with Gasteiger partial charge in [0, 0.05) is 29.5 Å². The molecule has 0 bridgehead atoms. The summed E-state index contributed by atoms with van der Waals surface area (Å²) in [4.78, 5) is 29.0. The Kier molecular flexibility index (Phi) is 7.51. The summed E-state index contributed by atoms with van der Waals surface area (Å²) in [7, 11) is 0. The molecule has 2 aliphatic rings. The first kappa shape index (κ1) is 27.7. The lowest BCUT2D eigenvalue weighted by molar-refractivity contribution is -0.138. The molecule has 5 rings (SSSR count). The van der Waals surface area contributed by atoms with Crippen molar-refractivity contribution in [1.29, 1.82) is 0 Å². The molecular weight excluding hydrogens is 556 g/mol. The van der Waals surface area contributed by atoms with Crippen LogP contribution in [0.1, 0.15) is 37.0 Å². The topological polar surface area (TPSA) is 58.4 Å². The third kappa shape index (κ3) is 5.57. The van der Waals surface area contributed by atoms with Crippen molar-refractivity contribution in [3.8, 4) is 0 Å². The third-order valence-corrected chi connectivity index (χ3v) is 8.20. The maximum absolute atomic E-state index is 15.0. The highest BCUT2D eigenvalue weighted by molar-refractivity contribution is 8.18. The van der Waals surface area contributed by atoms with Gasteiger partial charge >= 0.3 is 6.18 Å². The molecule has 1 aromatic heterocycles. The lowest BCUT2D eigenvalue weighted by Gasteiger charge is -2.39. The molecule has 39 heavy (non-hydrogen) atoms. The van der Waals surface area contributed by atoms with E-state index in [1.807, 2.05) is 18.7 Å². The number of thioether (sulfide) groups is 1. The fourth-order valence-corrected chi connectivity index (χ4v) is 6.08. The van der Waals surface area contributed by atoms with E-state index in [0.29, 0.717) is 29.4 Å². The molecule has 2 aromatic carbocycles. The SMILES string of the molecule is CC(C)N1CCC(N2C(=O)SC(=Cc3ccc4c(cnn4Cc4ccc(Cl)cc4C(F)(F)F)c3)C2=O)C(F)C1. The van der Waals surface area contributed by atoms with Gasteiger partial charge in [-0.3, -0.25) is 24.1 Å². The van der Waals surface area contributed by atoms with Crippen molar-refractivity contribution in [1.82, 2.24) is 19.6 Å². The minimum Gasteiger partial charge on any atom is -0.298 e. The number of amides is 2. The Hall–Kier alpha value is -2.89. The van der Waals surface area contributed by atoms with Gasteiger partial charge in [0.1, 0.15) is 6.17 Å². The molecule has 6 nitrogen and oxygen atoms in total. The maximum atomic E-state index is 15.0. The van der Waals surface area contributed by atoms with Gasteiger partial charge in [-0.1, -0.05) is 23.7 Å².